The molecule has 0 radical (unpaired) electrons. The number of pyridine rings is 1. The van der Waals surface area contributed by atoms with Gasteiger partial charge in [-0.3, -0.25) is 9.78 Å². The summed E-state index contributed by atoms with van der Waals surface area (Å²) in [5.74, 6) is 0.261. The van der Waals surface area contributed by atoms with Crippen molar-refractivity contribution in [3.63, 3.8) is 0 Å². The molecule has 1 aromatic carbocycles. The molecule has 3 aromatic heterocycles. The van der Waals surface area contributed by atoms with Crippen LogP contribution in [0.2, 0.25) is 0 Å². The molecule has 0 fully saturated rings. The van der Waals surface area contributed by atoms with Crippen molar-refractivity contribution in [1.82, 2.24) is 29.7 Å². The fourth-order valence-corrected chi connectivity index (χ4v) is 4.54. The van der Waals surface area contributed by atoms with Gasteiger partial charge in [-0.15, -0.1) is 0 Å². The van der Waals surface area contributed by atoms with E-state index in [0.717, 1.165) is 44.3 Å². The minimum atomic E-state index is -0.252. The number of anilines is 1. The topological polar surface area (TPSA) is 102 Å². The molecule has 8 heteroatoms. The Morgan fingerprint density at radius 3 is 2.91 bits per heavy atom. The first kappa shape index (κ1) is 22.7. The predicted molar refractivity (Wildman–Crippen MR) is 141 cm³/mol. The number of hydrogen-bond donors (Lipinski definition) is 2. The molecule has 1 amide bonds. The summed E-state index contributed by atoms with van der Waals surface area (Å²) in [5.41, 5.74) is 11.5. The molecule has 0 saturated carbocycles. The number of fused-ring (bicyclic) bond motifs is 4. The molecule has 1 aliphatic rings. The van der Waals surface area contributed by atoms with Crippen LogP contribution in [0.4, 0.5) is 5.82 Å². The van der Waals surface area contributed by atoms with Gasteiger partial charge in [-0.1, -0.05) is 30.9 Å². The Bertz CT molecular complexity index is 1480. The van der Waals surface area contributed by atoms with E-state index < -0.39 is 0 Å². The molecule has 1 atom stereocenters. The Morgan fingerprint density at radius 2 is 2.11 bits per heavy atom. The zero-order valence-electron chi connectivity index (χ0n) is 20.2. The van der Waals surface area contributed by atoms with Gasteiger partial charge in [-0.05, 0) is 38.6 Å². The van der Waals surface area contributed by atoms with Gasteiger partial charge in [-0.2, -0.15) is 0 Å². The second kappa shape index (κ2) is 8.96. The van der Waals surface area contributed by atoms with Crippen LogP contribution >= 0.6 is 0 Å². The zero-order chi connectivity index (χ0) is 24.7. The van der Waals surface area contributed by atoms with Crippen molar-refractivity contribution in [3.8, 4) is 11.1 Å². The minimum absolute atomic E-state index is 0.147. The van der Waals surface area contributed by atoms with Crippen LogP contribution in [0.15, 0.2) is 61.6 Å². The summed E-state index contributed by atoms with van der Waals surface area (Å²) in [6.07, 6.45) is 6.78. The quantitative estimate of drug-likeness (QED) is 0.420. The van der Waals surface area contributed by atoms with Crippen LogP contribution < -0.4 is 11.1 Å². The molecule has 5 rings (SSSR count). The molecular weight excluding hydrogens is 438 g/mol. The van der Waals surface area contributed by atoms with E-state index in [1.54, 1.807) is 6.08 Å². The Labute approximate surface area is 204 Å². The van der Waals surface area contributed by atoms with Crippen LogP contribution in [0.25, 0.3) is 38.6 Å². The molecule has 4 heterocycles. The van der Waals surface area contributed by atoms with Gasteiger partial charge in [0.15, 0.2) is 0 Å². The molecule has 0 spiro atoms. The first-order chi connectivity index (χ1) is 16.8. The number of hydrogen-bond acceptors (Lipinski definition) is 6. The van der Waals surface area contributed by atoms with Crippen LogP contribution in [0.5, 0.6) is 0 Å². The van der Waals surface area contributed by atoms with Gasteiger partial charge in [-0.25, -0.2) is 9.97 Å². The summed E-state index contributed by atoms with van der Waals surface area (Å²) in [6.45, 7) is 9.82. The van der Waals surface area contributed by atoms with E-state index in [-0.39, 0.29) is 11.9 Å². The van der Waals surface area contributed by atoms with Crippen molar-refractivity contribution in [2.75, 3.05) is 19.3 Å². The first-order valence-electron chi connectivity index (χ1n) is 11.7. The third-order valence-electron chi connectivity index (χ3n) is 6.70. The van der Waals surface area contributed by atoms with Crippen molar-refractivity contribution in [1.29, 1.82) is 0 Å². The van der Waals surface area contributed by atoms with E-state index in [2.05, 4.69) is 56.2 Å². The number of nitrogens with zero attached hydrogens (tertiary/aromatic N) is 5. The molecule has 4 aromatic rings. The molecule has 1 aliphatic heterocycles. The average Bonchev–Trinajstić information content (AvgIpc) is 3.33. The third kappa shape index (κ3) is 4.06. The number of rotatable bonds is 6. The van der Waals surface area contributed by atoms with E-state index in [1.807, 2.05) is 43.6 Å². The molecule has 0 saturated heterocycles. The number of carbonyl (C=O) groups is 1. The maximum atomic E-state index is 12.7. The number of benzene rings is 1. The lowest BCUT2D eigenvalue weighted by Crippen LogP contribution is -2.34. The second-order valence-corrected chi connectivity index (χ2v) is 9.23. The summed E-state index contributed by atoms with van der Waals surface area (Å²) in [7, 11) is 2.03. The number of amides is 1. The van der Waals surface area contributed by atoms with Crippen LogP contribution in [-0.4, -0.2) is 56.0 Å². The van der Waals surface area contributed by atoms with Crippen LogP contribution in [-0.2, 0) is 11.3 Å². The van der Waals surface area contributed by atoms with Crippen molar-refractivity contribution >= 4 is 39.2 Å². The van der Waals surface area contributed by atoms with Crippen molar-refractivity contribution < 1.29 is 4.79 Å². The monoisotopic (exact) mass is 467 g/mol. The molecule has 1 unspecified atom stereocenters. The van der Waals surface area contributed by atoms with Gasteiger partial charge in [0.25, 0.3) is 0 Å². The van der Waals surface area contributed by atoms with Crippen molar-refractivity contribution in [2.45, 2.75) is 32.5 Å². The average molecular weight is 468 g/mol. The number of nitrogen functional groups attached to an aromatic ring is 1. The van der Waals surface area contributed by atoms with Crippen molar-refractivity contribution in [3.05, 3.63) is 67.3 Å². The molecule has 0 aliphatic carbocycles. The predicted octanol–water partition coefficient (Wildman–Crippen LogP) is 3.64. The Balaban J connectivity index is 1.50. The summed E-state index contributed by atoms with van der Waals surface area (Å²) in [4.78, 5) is 28.2. The van der Waals surface area contributed by atoms with Gasteiger partial charge in [0.1, 0.15) is 17.8 Å². The number of carbonyl (C=O) groups excluding carboxylic acids is 1. The van der Waals surface area contributed by atoms with E-state index in [1.165, 1.54) is 6.33 Å². The van der Waals surface area contributed by atoms with Gasteiger partial charge in [0.05, 0.1) is 22.6 Å². The normalized spacial score (nSPS) is 15.7. The van der Waals surface area contributed by atoms with Gasteiger partial charge < -0.3 is 20.5 Å². The Hall–Kier alpha value is -4.04. The number of para-hydroxylation sites is 1. The fourth-order valence-electron chi connectivity index (χ4n) is 4.54. The summed E-state index contributed by atoms with van der Waals surface area (Å²) in [5, 5.41) is 4.90. The van der Waals surface area contributed by atoms with Gasteiger partial charge >= 0.3 is 0 Å². The highest BCUT2D eigenvalue weighted by atomic mass is 16.1. The lowest BCUT2D eigenvalue weighted by molar-refractivity contribution is -0.116. The Kier molecular flexibility index (Phi) is 5.82. The second-order valence-electron chi connectivity index (χ2n) is 9.23. The molecule has 35 heavy (non-hydrogen) atoms. The Morgan fingerprint density at radius 1 is 1.31 bits per heavy atom. The van der Waals surface area contributed by atoms with E-state index in [0.29, 0.717) is 24.9 Å². The lowest BCUT2D eigenvalue weighted by atomic mass is 9.98. The molecule has 178 valence electrons. The maximum absolute atomic E-state index is 12.7. The van der Waals surface area contributed by atoms with Crippen LogP contribution in [0, 0.1) is 0 Å². The smallest absolute Gasteiger partial charge is 0.244 e. The van der Waals surface area contributed by atoms with Crippen LogP contribution in [0.1, 0.15) is 19.5 Å². The highest BCUT2D eigenvalue weighted by Gasteiger charge is 2.34. The molecule has 8 nitrogen and oxygen atoms in total. The first-order valence-corrected chi connectivity index (χ1v) is 11.7. The van der Waals surface area contributed by atoms with Crippen molar-refractivity contribution in [2.24, 2.45) is 0 Å². The van der Waals surface area contributed by atoms with Crippen LogP contribution in [0.3, 0.4) is 0 Å². The van der Waals surface area contributed by atoms with E-state index in [9.17, 15) is 4.79 Å². The lowest BCUT2D eigenvalue weighted by Gasteiger charge is -2.18. The minimum Gasteiger partial charge on any atom is -0.383 e. The fraction of sp³-hybridized carbons (Fsp3) is 0.259. The summed E-state index contributed by atoms with van der Waals surface area (Å²) < 4.78 is 2.07. The highest BCUT2D eigenvalue weighted by Crippen LogP contribution is 2.44. The van der Waals surface area contributed by atoms with E-state index >= 15 is 0 Å². The van der Waals surface area contributed by atoms with E-state index in [4.69, 9.17) is 5.73 Å². The third-order valence-corrected chi connectivity index (χ3v) is 6.70. The summed E-state index contributed by atoms with van der Waals surface area (Å²) in [6, 6.07) is 10.2. The van der Waals surface area contributed by atoms with Gasteiger partial charge in [0, 0.05) is 47.9 Å². The summed E-state index contributed by atoms with van der Waals surface area (Å²) >= 11 is 0. The number of likely N-dealkylation sites (N-methyl/N-ethyl adjacent to an activating group) is 1. The van der Waals surface area contributed by atoms with Gasteiger partial charge in [0.2, 0.25) is 5.91 Å². The molecule has 3 N–H and O–H groups in total. The number of aromatic nitrogens is 4. The molecule has 0 bridgehead atoms. The largest absolute Gasteiger partial charge is 0.383 e. The SMILES string of the molecule is C=C1c2c(-c3cnc4ccccc4c3)c3c(N)ncnc3n2CC1NC(=O)C=CCN(C)C(C)C. The highest BCUT2D eigenvalue weighted by molar-refractivity contribution is 6.08. The number of nitrogens with two attached hydrogens (primary N) is 1. The zero-order valence-corrected chi connectivity index (χ0v) is 20.2. The maximum Gasteiger partial charge on any atom is 0.244 e. The standard InChI is InChI=1S/C27H29N7O/c1-16(2)33(4)11-7-10-22(35)32-21-14-34-25(17(21)3)23(24-26(28)30-15-31-27(24)34)19-12-18-8-5-6-9-20(18)29-13-19/h5-10,12-13,15-16,21H,3,11,14H2,1-2,4H3,(H,32,35)(H2,28,30,31). The molecular formula is C27H29N7O. The number of nitrogens with one attached hydrogen (secondary N) is 1.